The van der Waals surface area contributed by atoms with E-state index in [2.05, 4.69) is 106 Å². The van der Waals surface area contributed by atoms with Gasteiger partial charge in [-0.15, -0.1) is 0 Å². The first-order valence-electron chi connectivity index (χ1n) is 13.8. The molecule has 42 heavy (non-hydrogen) atoms. The highest BCUT2D eigenvalue weighted by molar-refractivity contribution is 6.11. The van der Waals surface area contributed by atoms with Crippen LogP contribution in [0.2, 0.25) is 0 Å². The Labute approximate surface area is 242 Å². The van der Waals surface area contributed by atoms with Crippen molar-refractivity contribution in [3.63, 3.8) is 0 Å². The van der Waals surface area contributed by atoms with Gasteiger partial charge in [-0.25, -0.2) is 0 Å². The molecule has 0 saturated heterocycles. The Morgan fingerprint density at radius 3 is 1.45 bits per heavy atom. The third kappa shape index (κ3) is 3.40. The normalized spacial score (nSPS) is 11.3. The smallest absolute Gasteiger partial charge is 0.0991 e. The molecule has 0 radical (unpaired) electrons. The molecule has 8 aromatic rings. The maximum atomic E-state index is 9.97. The van der Waals surface area contributed by atoms with Crippen molar-refractivity contribution in [1.29, 1.82) is 10.5 Å². The number of fused-ring (bicyclic) bond motifs is 6. The predicted molar refractivity (Wildman–Crippen MR) is 170 cm³/mol. The summed E-state index contributed by atoms with van der Waals surface area (Å²) in [4.78, 5) is 0. The van der Waals surface area contributed by atoms with Crippen LogP contribution in [-0.2, 0) is 0 Å². The van der Waals surface area contributed by atoms with Crippen LogP contribution in [0, 0.1) is 22.7 Å². The van der Waals surface area contributed by atoms with Gasteiger partial charge in [0, 0.05) is 32.7 Å². The summed E-state index contributed by atoms with van der Waals surface area (Å²) in [6, 6.07) is 50.1. The second-order valence-electron chi connectivity index (χ2n) is 10.4. The lowest BCUT2D eigenvalue weighted by molar-refractivity contribution is 1.16. The van der Waals surface area contributed by atoms with E-state index in [4.69, 9.17) is 0 Å². The molecule has 0 unspecified atom stereocenters. The average molecular weight is 535 g/mol. The van der Waals surface area contributed by atoms with E-state index in [0.717, 1.165) is 55.3 Å². The van der Waals surface area contributed by atoms with E-state index >= 15 is 0 Å². The minimum Gasteiger partial charge on any atom is -0.309 e. The van der Waals surface area contributed by atoms with Crippen LogP contribution >= 0.6 is 0 Å². The third-order valence-electron chi connectivity index (χ3n) is 8.18. The molecule has 0 aliphatic heterocycles. The van der Waals surface area contributed by atoms with E-state index in [9.17, 15) is 10.5 Å². The monoisotopic (exact) mass is 534 g/mol. The molecule has 0 N–H and O–H groups in total. The van der Waals surface area contributed by atoms with Crippen molar-refractivity contribution in [3.05, 3.63) is 145 Å². The first-order chi connectivity index (χ1) is 20.8. The van der Waals surface area contributed by atoms with Crippen LogP contribution in [0.15, 0.2) is 133 Å². The molecule has 4 nitrogen and oxygen atoms in total. The lowest BCUT2D eigenvalue weighted by atomic mass is 9.98. The lowest BCUT2D eigenvalue weighted by Gasteiger charge is -2.18. The molecule has 0 bridgehead atoms. The van der Waals surface area contributed by atoms with E-state index in [1.807, 2.05) is 48.5 Å². The van der Waals surface area contributed by atoms with E-state index in [-0.39, 0.29) is 0 Å². The topological polar surface area (TPSA) is 57.4 Å². The number of aromatic nitrogens is 2. The molecule has 194 valence electrons. The van der Waals surface area contributed by atoms with E-state index < -0.39 is 0 Å². The van der Waals surface area contributed by atoms with Crippen LogP contribution in [0.1, 0.15) is 11.1 Å². The van der Waals surface area contributed by atoms with Crippen LogP contribution in [-0.4, -0.2) is 9.13 Å². The van der Waals surface area contributed by atoms with Gasteiger partial charge >= 0.3 is 0 Å². The number of hydrogen-bond donors (Lipinski definition) is 0. The molecule has 0 fully saturated rings. The molecule has 0 saturated carbocycles. The molecule has 4 heteroatoms. The van der Waals surface area contributed by atoms with Crippen LogP contribution in [0.5, 0.6) is 0 Å². The summed E-state index contributed by atoms with van der Waals surface area (Å²) in [5.74, 6) is 0. The summed E-state index contributed by atoms with van der Waals surface area (Å²) < 4.78 is 4.58. The van der Waals surface area contributed by atoms with Gasteiger partial charge in [-0.1, -0.05) is 72.8 Å². The number of para-hydroxylation sites is 4. The fraction of sp³-hybridized carbons (Fsp3) is 0. The van der Waals surface area contributed by atoms with Crippen molar-refractivity contribution in [2.45, 2.75) is 0 Å². The quantitative estimate of drug-likeness (QED) is 0.227. The van der Waals surface area contributed by atoms with Crippen molar-refractivity contribution in [1.82, 2.24) is 9.13 Å². The SMILES string of the molecule is N#Cc1ccc(-n2c3ccccc3c3cc(C#N)ccc32)c(-c2ccccc2-n2c3ccccc3c3ccccc32)c1. The number of benzene rings is 6. The molecular formula is C38H22N4. The largest absolute Gasteiger partial charge is 0.309 e. The summed E-state index contributed by atoms with van der Waals surface area (Å²) in [7, 11) is 0. The number of nitriles is 2. The molecule has 0 spiro atoms. The van der Waals surface area contributed by atoms with Crippen LogP contribution in [0.25, 0.3) is 66.1 Å². The second kappa shape index (κ2) is 9.24. The minimum absolute atomic E-state index is 0.596. The van der Waals surface area contributed by atoms with Gasteiger partial charge in [-0.2, -0.15) is 10.5 Å². The van der Waals surface area contributed by atoms with Gasteiger partial charge in [0.05, 0.1) is 56.7 Å². The highest BCUT2D eigenvalue weighted by Crippen LogP contribution is 2.41. The Morgan fingerprint density at radius 1 is 0.381 bits per heavy atom. The highest BCUT2D eigenvalue weighted by Gasteiger charge is 2.20. The van der Waals surface area contributed by atoms with E-state index in [0.29, 0.717) is 11.1 Å². The first-order valence-corrected chi connectivity index (χ1v) is 13.8. The Kier molecular flexibility index (Phi) is 5.22. The summed E-state index contributed by atoms with van der Waals surface area (Å²) in [6.07, 6.45) is 0. The predicted octanol–water partition coefficient (Wildman–Crippen LogP) is 9.29. The third-order valence-corrected chi connectivity index (χ3v) is 8.18. The van der Waals surface area contributed by atoms with Crippen LogP contribution in [0.4, 0.5) is 0 Å². The Morgan fingerprint density at radius 2 is 0.833 bits per heavy atom. The van der Waals surface area contributed by atoms with Crippen molar-refractivity contribution >= 4 is 43.6 Å². The Bertz CT molecular complexity index is 2390. The Hall–Kier alpha value is -6.10. The van der Waals surface area contributed by atoms with Crippen molar-refractivity contribution in [3.8, 4) is 34.6 Å². The van der Waals surface area contributed by atoms with Crippen molar-refractivity contribution < 1.29 is 0 Å². The first kappa shape index (κ1) is 23.8. The number of rotatable bonds is 3. The Balaban J connectivity index is 1.49. The standard InChI is InChI=1S/C38H22N4/c39-23-25-17-19-37(42-36-16-8-4-12-30(36)32-22-26(24-40)18-20-38(32)42)31(21-25)29-11-3-7-15-35(29)41-33-13-5-1-9-27(33)28-10-2-6-14-34(28)41/h1-22H. The van der Waals surface area contributed by atoms with Crippen LogP contribution < -0.4 is 0 Å². The lowest BCUT2D eigenvalue weighted by Crippen LogP contribution is -2.02. The zero-order chi connectivity index (χ0) is 28.2. The summed E-state index contributed by atoms with van der Waals surface area (Å²) in [5, 5.41) is 24.1. The van der Waals surface area contributed by atoms with Gasteiger partial charge < -0.3 is 9.13 Å². The maximum absolute atomic E-state index is 9.97. The second-order valence-corrected chi connectivity index (χ2v) is 10.4. The molecule has 6 aromatic carbocycles. The van der Waals surface area contributed by atoms with Gasteiger partial charge in [0.1, 0.15) is 0 Å². The zero-order valence-electron chi connectivity index (χ0n) is 22.5. The summed E-state index contributed by atoms with van der Waals surface area (Å²) in [5.41, 5.74) is 9.53. The fourth-order valence-electron chi connectivity index (χ4n) is 6.40. The fourth-order valence-corrected chi connectivity index (χ4v) is 6.40. The van der Waals surface area contributed by atoms with Gasteiger partial charge in [0.15, 0.2) is 0 Å². The molecule has 0 aliphatic rings. The molecule has 8 rings (SSSR count). The molecule has 0 aliphatic carbocycles. The maximum Gasteiger partial charge on any atom is 0.0991 e. The molecule has 2 aromatic heterocycles. The zero-order valence-corrected chi connectivity index (χ0v) is 22.5. The molecule has 0 atom stereocenters. The molecular weight excluding hydrogens is 512 g/mol. The van der Waals surface area contributed by atoms with Crippen LogP contribution in [0.3, 0.4) is 0 Å². The van der Waals surface area contributed by atoms with Gasteiger partial charge in [0.25, 0.3) is 0 Å². The number of nitrogens with zero attached hydrogens (tertiary/aromatic N) is 4. The van der Waals surface area contributed by atoms with Gasteiger partial charge in [-0.3, -0.25) is 0 Å². The minimum atomic E-state index is 0.596. The van der Waals surface area contributed by atoms with E-state index in [1.165, 1.54) is 10.8 Å². The van der Waals surface area contributed by atoms with Gasteiger partial charge in [-0.05, 0) is 60.7 Å². The van der Waals surface area contributed by atoms with Crippen molar-refractivity contribution in [2.75, 3.05) is 0 Å². The molecule has 2 heterocycles. The summed E-state index contributed by atoms with van der Waals surface area (Å²) in [6.45, 7) is 0. The van der Waals surface area contributed by atoms with Crippen molar-refractivity contribution in [2.24, 2.45) is 0 Å². The summed E-state index contributed by atoms with van der Waals surface area (Å²) >= 11 is 0. The highest BCUT2D eigenvalue weighted by atomic mass is 15.0. The van der Waals surface area contributed by atoms with Gasteiger partial charge in [0.2, 0.25) is 0 Å². The van der Waals surface area contributed by atoms with E-state index in [1.54, 1.807) is 0 Å². The number of hydrogen-bond acceptors (Lipinski definition) is 2. The average Bonchev–Trinajstić information content (AvgIpc) is 3.57. The molecule has 0 amide bonds.